The van der Waals surface area contributed by atoms with Crippen molar-refractivity contribution in [3.8, 4) is 0 Å². The van der Waals surface area contributed by atoms with Gasteiger partial charge in [0, 0.05) is 12.8 Å². The summed E-state index contributed by atoms with van der Waals surface area (Å²) >= 11 is 0. The number of carbonyl (C=O) groups excluding carboxylic acids is 2. The van der Waals surface area contributed by atoms with Crippen LogP contribution in [-0.2, 0) is 38.0 Å². The number of aliphatic hydroxyl groups excluding tert-OH is 7. The van der Waals surface area contributed by atoms with Crippen LogP contribution in [0.25, 0.3) is 0 Å². The molecule has 2 heterocycles. The fourth-order valence-corrected chi connectivity index (χ4v) is 7.06. The average Bonchev–Trinajstić information content (AvgIpc) is 3.35. The molecule has 11 atom stereocenters. The van der Waals surface area contributed by atoms with Gasteiger partial charge in [-0.15, -0.1) is 0 Å². The Hall–Kier alpha value is -3.84. The van der Waals surface area contributed by atoms with Crippen molar-refractivity contribution in [1.29, 1.82) is 0 Å². The van der Waals surface area contributed by atoms with Crippen LogP contribution in [0, 0.1) is 0 Å². The van der Waals surface area contributed by atoms with E-state index in [1.165, 1.54) is 6.42 Å². The Bertz CT molecular complexity index is 1630. The lowest BCUT2D eigenvalue weighted by molar-refractivity contribution is -0.332. The first-order valence-electron chi connectivity index (χ1n) is 25.5. The normalized spacial score (nSPS) is 26.3. The zero-order valence-corrected chi connectivity index (χ0v) is 41.7. The van der Waals surface area contributed by atoms with Crippen molar-refractivity contribution < 1.29 is 73.8 Å². The molecule has 2 fully saturated rings. The fourth-order valence-electron chi connectivity index (χ4n) is 7.06. The van der Waals surface area contributed by atoms with Gasteiger partial charge in [0.15, 0.2) is 18.7 Å². The van der Waals surface area contributed by atoms with Crippen LogP contribution < -0.4 is 0 Å². The van der Waals surface area contributed by atoms with E-state index in [1.54, 1.807) is 0 Å². The molecule has 4 unspecified atom stereocenters. The Kier molecular flexibility index (Phi) is 36.2. The molecule has 2 aliphatic heterocycles. The molecule has 0 radical (unpaired) electrons. The third-order valence-electron chi connectivity index (χ3n) is 11.2. The largest absolute Gasteiger partial charge is 0.462 e. The maximum absolute atomic E-state index is 13.0. The molecule has 0 aromatic rings. The predicted octanol–water partition coefficient (Wildman–Crippen LogP) is 7.15. The summed E-state index contributed by atoms with van der Waals surface area (Å²) in [4.78, 5) is 25.7. The van der Waals surface area contributed by atoms with Crippen molar-refractivity contribution in [2.45, 2.75) is 197 Å². The van der Waals surface area contributed by atoms with Crippen molar-refractivity contribution in [3.63, 3.8) is 0 Å². The van der Waals surface area contributed by atoms with Gasteiger partial charge in [-0.3, -0.25) is 9.59 Å². The third-order valence-corrected chi connectivity index (χ3v) is 11.2. The summed E-state index contributed by atoms with van der Waals surface area (Å²) in [5.41, 5.74) is 0. The minimum absolute atomic E-state index is 0.0723. The van der Waals surface area contributed by atoms with Crippen LogP contribution in [0.5, 0.6) is 0 Å². The lowest BCUT2D eigenvalue weighted by Crippen LogP contribution is -2.61. The fraction of sp³-hybridized carbons (Fsp3) is 0.636. The van der Waals surface area contributed by atoms with E-state index in [0.717, 1.165) is 77.0 Å². The number of allylic oxidation sites excluding steroid dienone is 18. The highest BCUT2D eigenvalue weighted by molar-refractivity contribution is 5.70. The van der Waals surface area contributed by atoms with E-state index in [1.807, 2.05) is 12.2 Å². The van der Waals surface area contributed by atoms with E-state index >= 15 is 0 Å². The van der Waals surface area contributed by atoms with Gasteiger partial charge < -0.3 is 64.2 Å². The Labute approximate surface area is 417 Å². The summed E-state index contributed by atoms with van der Waals surface area (Å²) < 4.78 is 33.5. The second-order valence-electron chi connectivity index (χ2n) is 17.3. The molecule has 0 aromatic heterocycles. The Morgan fingerprint density at radius 1 is 0.471 bits per heavy atom. The van der Waals surface area contributed by atoms with Gasteiger partial charge in [-0.05, 0) is 89.9 Å². The number of unbranched alkanes of at least 4 members (excludes halogenated alkanes) is 5. The van der Waals surface area contributed by atoms with E-state index in [9.17, 15) is 45.3 Å². The minimum atomic E-state index is -1.79. The molecule has 0 saturated carbocycles. The molecule has 7 N–H and O–H groups in total. The lowest BCUT2D eigenvalue weighted by Gasteiger charge is -2.42. The molecular formula is C55H86O15. The van der Waals surface area contributed by atoms with Gasteiger partial charge in [-0.25, -0.2) is 0 Å². The Morgan fingerprint density at radius 3 is 1.43 bits per heavy atom. The zero-order valence-electron chi connectivity index (χ0n) is 41.7. The SMILES string of the molecule is CC/C=C/C/C=C/C/C=C/C/C=C/C/C=C/CCCC(=O)O[C@@H](COC(=O)CCCCC/C=C/C/C=C/C/C=C/C/C=C/CCC)CO[C@@H]1O[C@H](CO[C@@H]2O[C@H](CO)[C@H](O)C(O)C2O)[C@H](O)C(O)C1O. The summed E-state index contributed by atoms with van der Waals surface area (Å²) in [6.07, 6.45) is 35.5. The number of rotatable bonds is 37. The number of carbonyl (C=O) groups is 2. The van der Waals surface area contributed by atoms with Crippen LogP contribution in [0.3, 0.4) is 0 Å². The summed E-state index contributed by atoms with van der Waals surface area (Å²) in [5, 5.41) is 72.1. The molecule has 15 nitrogen and oxygen atoms in total. The zero-order chi connectivity index (χ0) is 51.0. The Morgan fingerprint density at radius 2 is 0.914 bits per heavy atom. The molecule has 0 amide bonds. The monoisotopic (exact) mass is 987 g/mol. The molecule has 0 aromatic carbocycles. The topological polar surface area (TPSA) is 231 Å². The first kappa shape index (κ1) is 62.3. The minimum Gasteiger partial charge on any atom is -0.462 e. The van der Waals surface area contributed by atoms with Gasteiger partial charge >= 0.3 is 11.9 Å². The van der Waals surface area contributed by atoms with E-state index < -0.39 is 99.3 Å². The lowest BCUT2D eigenvalue weighted by atomic mass is 9.98. The first-order chi connectivity index (χ1) is 34.0. The highest BCUT2D eigenvalue weighted by Gasteiger charge is 2.47. The van der Waals surface area contributed by atoms with Crippen molar-refractivity contribution in [2.75, 3.05) is 26.4 Å². The van der Waals surface area contributed by atoms with Gasteiger partial charge in [0.25, 0.3) is 0 Å². The molecular weight excluding hydrogens is 901 g/mol. The number of hydrogen-bond donors (Lipinski definition) is 7. The summed E-state index contributed by atoms with van der Waals surface area (Å²) in [5.74, 6) is -1.04. The van der Waals surface area contributed by atoms with E-state index in [-0.39, 0.29) is 19.4 Å². The molecule has 2 rings (SSSR count). The van der Waals surface area contributed by atoms with Crippen LogP contribution >= 0.6 is 0 Å². The van der Waals surface area contributed by atoms with Gasteiger partial charge in [0.05, 0.1) is 19.8 Å². The second kappa shape index (κ2) is 40.7. The summed E-state index contributed by atoms with van der Waals surface area (Å²) in [6, 6.07) is 0. The molecule has 0 bridgehead atoms. The van der Waals surface area contributed by atoms with E-state index in [0.29, 0.717) is 19.3 Å². The number of aliphatic hydroxyl groups is 7. The second-order valence-corrected chi connectivity index (χ2v) is 17.3. The standard InChI is InChI=1S/C55H86O15/c1-3-5-7-9-11-13-15-17-19-21-23-25-27-29-31-33-35-37-46(57)65-40-43(68-47(58)38-36-34-32-30-28-26-24-22-20-18-16-14-12-10-8-6-4-2)41-66-54-53(64)51(62)49(60)45(70-54)42-67-55-52(63)50(61)48(59)44(39-56)69-55/h6-9,12-15,18-21,24-27,30,32,43-45,48-56,59-64H,3-5,10-11,16-17,22-23,28-29,31,33-42H2,1-2H3/b8-6+,9-7+,14-12+,15-13+,20-18+,21-19+,26-24+,27-25+,32-30+/t43-,44+,45+,48-,49-,50?,51?,52?,53?,54+,55+/m0/s1. The summed E-state index contributed by atoms with van der Waals surface area (Å²) in [6.45, 7) is 2.28. The molecule has 2 aliphatic rings. The van der Waals surface area contributed by atoms with E-state index in [2.05, 4.69) is 111 Å². The van der Waals surface area contributed by atoms with Crippen molar-refractivity contribution >= 4 is 11.9 Å². The van der Waals surface area contributed by atoms with Gasteiger partial charge in [-0.1, -0.05) is 136 Å². The maximum atomic E-state index is 13.0. The molecule has 0 spiro atoms. The van der Waals surface area contributed by atoms with Crippen LogP contribution in [0.15, 0.2) is 109 Å². The van der Waals surface area contributed by atoms with Crippen LogP contribution in [0.4, 0.5) is 0 Å². The number of hydrogen-bond acceptors (Lipinski definition) is 15. The van der Waals surface area contributed by atoms with Crippen LogP contribution in [-0.4, -0.2) is 142 Å². The highest BCUT2D eigenvalue weighted by Crippen LogP contribution is 2.26. The Balaban J connectivity index is 1.86. The predicted molar refractivity (Wildman–Crippen MR) is 270 cm³/mol. The summed E-state index contributed by atoms with van der Waals surface area (Å²) in [7, 11) is 0. The van der Waals surface area contributed by atoms with Gasteiger partial charge in [-0.2, -0.15) is 0 Å². The first-order valence-corrected chi connectivity index (χ1v) is 25.5. The van der Waals surface area contributed by atoms with Crippen LogP contribution in [0.1, 0.15) is 129 Å². The molecule has 15 heteroatoms. The molecule has 70 heavy (non-hydrogen) atoms. The van der Waals surface area contributed by atoms with Gasteiger partial charge in [0.2, 0.25) is 0 Å². The van der Waals surface area contributed by atoms with Gasteiger partial charge in [0.1, 0.15) is 55.4 Å². The maximum Gasteiger partial charge on any atom is 0.306 e. The average molecular weight is 987 g/mol. The molecule has 396 valence electrons. The third kappa shape index (κ3) is 28.3. The number of ether oxygens (including phenoxy) is 6. The molecule has 0 aliphatic carbocycles. The van der Waals surface area contributed by atoms with Crippen molar-refractivity contribution in [2.24, 2.45) is 0 Å². The smallest absolute Gasteiger partial charge is 0.306 e. The van der Waals surface area contributed by atoms with Crippen molar-refractivity contribution in [3.05, 3.63) is 109 Å². The number of esters is 2. The quantitative estimate of drug-likeness (QED) is 0.0186. The van der Waals surface area contributed by atoms with E-state index in [4.69, 9.17) is 28.4 Å². The van der Waals surface area contributed by atoms with Crippen LogP contribution in [0.2, 0.25) is 0 Å². The highest BCUT2D eigenvalue weighted by atomic mass is 16.7. The van der Waals surface area contributed by atoms with Crippen molar-refractivity contribution in [1.82, 2.24) is 0 Å². The molecule has 2 saturated heterocycles.